The first-order chi connectivity index (χ1) is 14.4. The quantitative estimate of drug-likeness (QED) is 0.517. The van der Waals surface area contributed by atoms with E-state index in [1.165, 1.54) is 0 Å². The molecule has 3 aromatic carbocycles. The molecule has 3 heteroatoms. The van der Waals surface area contributed by atoms with Crippen LogP contribution in [0.3, 0.4) is 0 Å². The number of carbonyl (C=O) groups excluding carboxylic acids is 1. The summed E-state index contributed by atoms with van der Waals surface area (Å²) < 4.78 is 5.57. The topological polar surface area (TPSA) is 38.3 Å². The molecule has 0 aliphatic rings. The van der Waals surface area contributed by atoms with Crippen molar-refractivity contribution in [2.24, 2.45) is 0 Å². The van der Waals surface area contributed by atoms with Crippen LogP contribution in [0.4, 0.5) is 0 Å². The molecule has 3 nitrogen and oxygen atoms in total. The minimum atomic E-state index is -0.349. The van der Waals surface area contributed by atoms with Crippen LogP contribution < -0.4 is 10.1 Å². The van der Waals surface area contributed by atoms with Crippen molar-refractivity contribution in [2.75, 3.05) is 7.11 Å². The van der Waals surface area contributed by atoms with Gasteiger partial charge in [-0.2, -0.15) is 0 Å². The molecule has 0 aliphatic heterocycles. The maximum atomic E-state index is 13.4. The van der Waals surface area contributed by atoms with Crippen molar-refractivity contribution in [1.29, 1.82) is 0 Å². The van der Waals surface area contributed by atoms with Gasteiger partial charge in [-0.3, -0.25) is 4.79 Å². The number of hydrogen-bond acceptors (Lipinski definition) is 2. The van der Waals surface area contributed by atoms with Gasteiger partial charge in [-0.25, -0.2) is 0 Å². The molecule has 30 heavy (non-hydrogen) atoms. The maximum Gasteiger partial charge on any atom is 0.232 e. The van der Waals surface area contributed by atoms with Crippen molar-refractivity contribution in [2.45, 2.75) is 45.6 Å². The summed E-state index contributed by atoms with van der Waals surface area (Å²) in [7, 11) is 1.70. The molecule has 3 rings (SSSR count). The van der Waals surface area contributed by atoms with Crippen LogP contribution in [-0.4, -0.2) is 13.0 Å². The molecule has 156 valence electrons. The SMILES string of the molecule is COc1cc(C)c(C(C)NC(=O)C(c2ccccc2)c2ccccc2)cc1C(C)C. The van der Waals surface area contributed by atoms with E-state index < -0.39 is 0 Å². The highest BCUT2D eigenvalue weighted by Gasteiger charge is 2.25. The number of hydrogen-bond donors (Lipinski definition) is 1. The molecule has 0 heterocycles. The molecule has 0 aromatic heterocycles. The van der Waals surface area contributed by atoms with E-state index >= 15 is 0 Å². The monoisotopic (exact) mass is 401 g/mol. The zero-order valence-corrected chi connectivity index (χ0v) is 18.5. The molecule has 0 fully saturated rings. The fourth-order valence-electron chi connectivity index (χ4n) is 3.97. The second-order valence-corrected chi connectivity index (χ2v) is 8.09. The highest BCUT2D eigenvalue weighted by molar-refractivity contribution is 5.87. The normalized spacial score (nSPS) is 12.1. The first kappa shape index (κ1) is 21.6. The minimum absolute atomic E-state index is 0.00112. The lowest BCUT2D eigenvalue weighted by molar-refractivity contribution is -0.122. The van der Waals surface area contributed by atoms with Crippen molar-refractivity contribution in [1.82, 2.24) is 5.32 Å². The molecule has 1 unspecified atom stereocenters. The number of methoxy groups -OCH3 is 1. The number of amides is 1. The van der Waals surface area contributed by atoms with Gasteiger partial charge in [-0.05, 0) is 59.7 Å². The first-order valence-electron chi connectivity index (χ1n) is 10.5. The average molecular weight is 402 g/mol. The average Bonchev–Trinajstić information content (AvgIpc) is 2.74. The van der Waals surface area contributed by atoms with Crippen LogP contribution in [0.2, 0.25) is 0 Å². The van der Waals surface area contributed by atoms with Gasteiger partial charge in [-0.15, -0.1) is 0 Å². The van der Waals surface area contributed by atoms with Gasteiger partial charge in [0.15, 0.2) is 0 Å². The summed E-state index contributed by atoms with van der Waals surface area (Å²) in [6.45, 7) is 8.42. The zero-order chi connectivity index (χ0) is 21.7. The van der Waals surface area contributed by atoms with Gasteiger partial charge in [-0.1, -0.05) is 74.5 Å². The second-order valence-electron chi connectivity index (χ2n) is 8.09. The Balaban J connectivity index is 1.92. The summed E-state index contributed by atoms with van der Waals surface area (Å²) in [4.78, 5) is 13.4. The number of carbonyl (C=O) groups is 1. The third-order valence-electron chi connectivity index (χ3n) is 5.59. The van der Waals surface area contributed by atoms with E-state index in [0.717, 1.165) is 33.6 Å². The summed E-state index contributed by atoms with van der Waals surface area (Å²) in [6.07, 6.45) is 0. The van der Waals surface area contributed by atoms with Crippen LogP contribution >= 0.6 is 0 Å². The summed E-state index contributed by atoms with van der Waals surface area (Å²) >= 11 is 0. The van der Waals surface area contributed by atoms with E-state index in [0.29, 0.717) is 5.92 Å². The number of aryl methyl sites for hydroxylation is 1. The first-order valence-corrected chi connectivity index (χ1v) is 10.5. The lowest BCUT2D eigenvalue weighted by Crippen LogP contribution is -2.32. The number of rotatable bonds is 7. The minimum Gasteiger partial charge on any atom is -0.496 e. The Morgan fingerprint density at radius 1 is 0.833 bits per heavy atom. The van der Waals surface area contributed by atoms with Crippen molar-refractivity contribution in [3.05, 3.63) is 101 Å². The Hall–Kier alpha value is -3.07. The van der Waals surface area contributed by atoms with Crippen LogP contribution in [0.5, 0.6) is 5.75 Å². The van der Waals surface area contributed by atoms with Crippen LogP contribution in [0.15, 0.2) is 72.8 Å². The Kier molecular flexibility index (Phi) is 6.94. The Morgan fingerprint density at radius 2 is 1.37 bits per heavy atom. The standard InChI is InChI=1S/C27H31NO2/c1-18(2)23-17-24(19(3)16-25(23)30-5)20(4)28-27(29)26(21-12-8-6-9-13-21)22-14-10-7-11-15-22/h6-18,20,26H,1-5H3,(H,28,29). The summed E-state index contributed by atoms with van der Waals surface area (Å²) in [5.74, 6) is 0.888. The van der Waals surface area contributed by atoms with Crippen LogP contribution in [0, 0.1) is 6.92 Å². The van der Waals surface area contributed by atoms with Gasteiger partial charge in [0.1, 0.15) is 5.75 Å². The molecule has 0 saturated heterocycles. The van der Waals surface area contributed by atoms with E-state index in [-0.39, 0.29) is 17.9 Å². The molecule has 3 aromatic rings. The molecule has 0 saturated carbocycles. The largest absolute Gasteiger partial charge is 0.496 e. The van der Waals surface area contributed by atoms with Gasteiger partial charge in [0.05, 0.1) is 19.1 Å². The van der Waals surface area contributed by atoms with E-state index in [9.17, 15) is 4.79 Å². The van der Waals surface area contributed by atoms with Gasteiger partial charge in [0, 0.05) is 0 Å². The van der Waals surface area contributed by atoms with E-state index in [1.54, 1.807) is 7.11 Å². The molecule has 1 N–H and O–H groups in total. The molecule has 0 aliphatic carbocycles. The second kappa shape index (κ2) is 9.62. The maximum absolute atomic E-state index is 13.4. The summed E-state index contributed by atoms with van der Waals surface area (Å²) in [5.41, 5.74) is 5.36. The molecule has 1 atom stereocenters. The molecule has 0 radical (unpaired) electrons. The van der Waals surface area contributed by atoms with Crippen molar-refractivity contribution >= 4 is 5.91 Å². The molecular weight excluding hydrogens is 370 g/mol. The summed E-state index contributed by atoms with van der Waals surface area (Å²) in [6, 6.07) is 24.0. The van der Waals surface area contributed by atoms with Crippen LogP contribution in [-0.2, 0) is 4.79 Å². The summed E-state index contributed by atoms with van der Waals surface area (Å²) in [5, 5.41) is 3.26. The van der Waals surface area contributed by atoms with Gasteiger partial charge in [0.2, 0.25) is 5.91 Å². The molecule has 1 amide bonds. The highest BCUT2D eigenvalue weighted by Crippen LogP contribution is 2.33. The van der Waals surface area contributed by atoms with Gasteiger partial charge >= 0.3 is 0 Å². The van der Waals surface area contributed by atoms with Crippen molar-refractivity contribution in [3.8, 4) is 5.75 Å². The lowest BCUT2D eigenvalue weighted by atomic mass is 9.89. The molecule has 0 bridgehead atoms. The van der Waals surface area contributed by atoms with Crippen molar-refractivity contribution < 1.29 is 9.53 Å². The fourth-order valence-corrected chi connectivity index (χ4v) is 3.97. The predicted octanol–water partition coefficient (Wildman–Crippen LogP) is 6.14. The van der Waals surface area contributed by atoms with Gasteiger partial charge < -0.3 is 10.1 Å². The number of nitrogens with one attached hydrogen (secondary N) is 1. The third kappa shape index (κ3) is 4.73. The fraction of sp³-hybridized carbons (Fsp3) is 0.296. The van der Waals surface area contributed by atoms with E-state index in [1.807, 2.05) is 67.6 Å². The lowest BCUT2D eigenvalue weighted by Gasteiger charge is -2.24. The third-order valence-corrected chi connectivity index (χ3v) is 5.59. The van der Waals surface area contributed by atoms with E-state index in [2.05, 4.69) is 38.2 Å². The Morgan fingerprint density at radius 3 is 1.83 bits per heavy atom. The molecule has 0 spiro atoms. The van der Waals surface area contributed by atoms with Crippen LogP contribution in [0.25, 0.3) is 0 Å². The highest BCUT2D eigenvalue weighted by atomic mass is 16.5. The van der Waals surface area contributed by atoms with Crippen molar-refractivity contribution in [3.63, 3.8) is 0 Å². The molecular formula is C27H31NO2. The predicted molar refractivity (Wildman–Crippen MR) is 123 cm³/mol. The number of ether oxygens (including phenoxy) is 1. The smallest absolute Gasteiger partial charge is 0.232 e. The number of benzene rings is 3. The van der Waals surface area contributed by atoms with Gasteiger partial charge in [0.25, 0.3) is 0 Å². The zero-order valence-electron chi connectivity index (χ0n) is 18.5. The Labute approximate surface area is 180 Å². The van der Waals surface area contributed by atoms with Crippen LogP contribution in [0.1, 0.15) is 66.5 Å². The Bertz CT molecular complexity index is 941. The van der Waals surface area contributed by atoms with E-state index in [4.69, 9.17) is 4.74 Å².